The van der Waals surface area contributed by atoms with Gasteiger partial charge in [0.2, 0.25) is 0 Å². The third-order valence-corrected chi connectivity index (χ3v) is 8.97. The maximum atomic E-state index is 13.1. The van der Waals surface area contributed by atoms with Crippen molar-refractivity contribution in [3.63, 3.8) is 0 Å². The summed E-state index contributed by atoms with van der Waals surface area (Å²) < 4.78 is 13.1. The number of piperidine rings is 1. The van der Waals surface area contributed by atoms with E-state index in [1.54, 1.807) is 11.3 Å². The molecule has 1 aromatic heterocycles. The lowest BCUT2D eigenvalue weighted by Gasteiger charge is -2.34. The largest absolute Gasteiger partial charge is 0.338 e. The van der Waals surface area contributed by atoms with Crippen LogP contribution in [0.15, 0.2) is 41.3 Å². The Kier molecular flexibility index (Phi) is 9.06. The standard InChI is InChI=1S/C29H38FN5O2S/c30-25-8-6-23(7-9-25)20-33-16-18-34(19-17-33)28(36)26-21-38-27(32-26)24-11-14-35(15-12-24)29(37)31-13-10-22-4-2-1-3-5-22/h4,6-9,21,24H,1-3,5,10-20H2,(H,31,37). The summed E-state index contributed by atoms with van der Waals surface area (Å²) in [6.45, 7) is 5.82. The molecule has 38 heavy (non-hydrogen) atoms. The summed E-state index contributed by atoms with van der Waals surface area (Å²) >= 11 is 1.57. The number of nitrogens with zero attached hydrogens (tertiary/aromatic N) is 4. The smallest absolute Gasteiger partial charge is 0.317 e. The minimum absolute atomic E-state index is 0.00109. The van der Waals surface area contributed by atoms with Crippen molar-refractivity contribution < 1.29 is 14.0 Å². The second-order valence-electron chi connectivity index (χ2n) is 10.6. The molecule has 2 aliphatic heterocycles. The zero-order chi connectivity index (χ0) is 26.3. The van der Waals surface area contributed by atoms with Crippen molar-refractivity contribution in [1.82, 2.24) is 25.0 Å². The molecule has 3 aliphatic rings. The molecule has 1 aliphatic carbocycles. The van der Waals surface area contributed by atoms with Crippen LogP contribution in [-0.4, -0.2) is 77.4 Å². The van der Waals surface area contributed by atoms with Crippen LogP contribution >= 0.6 is 11.3 Å². The monoisotopic (exact) mass is 539 g/mol. The van der Waals surface area contributed by atoms with Gasteiger partial charge in [-0.2, -0.15) is 0 Å². The van der Waals surface area contributed by atoms with E-state index in [2.05, 4.69) is 16.3 Å². The van der Waals surface area contributed by atoms with Crippen LogP contribution in [0, 0.1) is 5.82 Å². The van der Waals surface area contributed by atoms with Crippen molar-refractivity contribution in [2.75, 3.05) is 45.8 Å². The number of hydrogen-bond donors (Lipinski definition) is 1. The Morgan fingerprint density at radius 3 is 2.47 bits per heavy atom. The molecule has 1 N–H and O–H groups in total. The SMILES string of the molecule is O=C(NCCC1=CCCCC1)N1CCC(c2nc(C(=O)N3CCN(Cc4ccc(F)cc4)CC3)cs2)CC1. The highest BCUT2D eigenvalue weighted by Gasteiger charge is 2.28. The highest BCUT2D eigenvalue weighted by atomic mass is 32.1. The van der Waals surface area contributed by atoms with Gasteiger partial charge < -0.3 is 15.1 Å². The Morgan fingerprint density at radius 2 is 1.76 bits per heavy atom. The van der Waals surface area contributed by atoms with Crippen LogP contribution in [0.4, 0.5) is 9.18 Å². The van der Waals surface area contributed by atoms with Crippen LogP contribution in [0.3, 0.4) is 0 Å². The van der Waals surface area contributed by atoms with Gasteiger partial charge in [-0.25, -0.2) is 14.2 Å². The molecule has 2 fully saturated rings. The van der Waals surface area contributed by atoms with Crippen molar-refractivity contribution in [2.24, 2.45) is 0 Å². The molecule has 0 spiro atoms. The van der Waals surface area contributed by atoms with Gasteiger partial charge in [-0.3, -0.25) is 9.69 Å². The first-order chi connectivity index (χ1) is 18.5. The lowest BCUT2D eigenvalue weighted by atomic mass is 9.97. The number of piperazine rings is 1. The molecule has 7 nitrogen and oxygen atoms in total. The maximum absolute atomic E-state index is 13.1. The van der Waals surface area contributed by atoms with E-state index in [-0.39, 0.29) is 17.8 Å². The van der Waals surface area contributed by atoms with Crippen molar-refractivity contribution in [1.29, 1.82) is 0 Å². The van der Waals surface area contributed by atoms with E-state index >= 15 is 0 Å². The average molecular weight is 540 g/mol. The molecule has 0 atom stereocenters. The quantitative estimate of drug-likeness (QED) is 0.502. The Labute approximate surface area is 228 Å². The Balaban J connectivity index is 1.04. The molecule has 0 unspecified atom stereocenters. The fourth-order valence-electron chi connectivity index (χ4n) is 5.60. The molecule has 0 bridgehead atoms. The van der Waals surface area contributed by atoms with Gasteiger partial charge in [0.1, 0.15) is 11.5 Å². The number of amides is 3. The number of halogens is 1. The number of nitrogens with one attached hydrogen (secondary N) is 1. The summed E-state index contributed by atoms with van der Waals surface area (Å²) in [4.78, 5) is 36.5. The van der Waals surface area contributed by atoms with Gasteiger partial charge in [0, 0.05) is 63.7 Å². The van der Waals surface area contributed by atoms with Crippen LogP contribution in [-0.2, 0) is 6.54 Å². The average Bonchev–Trinajstić information content (AvgIpc) is 3.45. The van der Waals surface area contributed by atoms with Crippen molar-refractivity contribution in [3.05, 3.63) is 63.4 Å². The predicted molar refractivity (Wildman–Crippen MR) is 148 cm³/mol. The summed E-state index contributed by atoms with van der Waals surface area (Å²) in [5.74, 6) is 0.0746. The zero-order valence-corrected chi connectivity index (χ0v) is 22.9. The van der Waals surface area contributed by atoms with Crippen molar-refractivity contribution in [3.8, 4) is 0 Å². The van der Waals surface area contributed by atoms with E-state index in [4.69, 9.17) is 4.98 Å². The molecule has 5 rings (SSSR count). The fourth-order valence-corrected chi connectivity index (χ4v) is 6.56. The molecule has 3 heterocycles. The number of benzene rings is 1. The van der Waals surface area contributed by atoms with Crippen LogP contribution < -0.4 is 5.32 Å². The van der Waals surface area contributed by atoms with E-state index in [0.29, 0.717) is 31.2 Å². The Hall–Kier alpha value is -2.78. The molecule has 2 aromatic rings. The molecule has 0 saturated carbocycles. The Bertz CT molecular complexity index is 1120. The number of allylic oxidation sites excluding steroid dienone is 1. The minimum atomic E-state index is -0.221. The number of aromatic nitrogens is 1. The summed E-state index contributed by atoms with van der Waals surface area (Å²) in [7, 11) is 0. The molecule has 2 saturated heterocycles. The summed E-state index contributed by atoms with van der Waals surface area (Å²) in [6, 6.07) is 6.65. The van der Waals surface area contributed by atoms with Gasteiger partial charge in [-0.15, -0.1) is 11.3 Å². The second kappa shape index (κ2) is 12.8. The number of likely N-dealkylation sites (tertiary alicyclic amines) is 1. The number of rotatable bonds is 7. The number of thiazole rings is 1. The number of carbonyl (C=O) groups is 2. The van der Waals surface area contributed by atoms with Gasteiger partial charge in [-0.05, 0) is 62.6 Å². The van der Waals surface area contributed by atoms with Gasteiger partial charge in [0.15, 0.2) is 0 Å². The number of carbonyl (C=O) groups excluding carboxylic acids is 2. The van der Waals surface area contributed by atoms with Crippen molar-refractivity contribution >= 4 is 23.3 Å². The molecular weight excluding hydrogens is 501 g/mol. The first-order valence-corrected chi connectivity index (χ1v) is 14.9. The molecular formula is C29H38FN5O2S. The summed E-state index contributed by atoms with van der Waals surface area (Å²) in [5.41, 5.74) is 3.10. The van der Waals surface area contributed by atoms with Gasteiger partial charge in [0.25, 0.3) is 5.91 Å². The summed E-state index contributed by atoms with van der Waals surface area (Å²) in [5, 5.41) is 5.99. The normalized spacial score (nSPS) is 19.3. The molecule has 3 amide bonds. The van der Waals surface area contributed by atoms with E-state index in [9.17, 15) is 14.0 Å². The zero-order valence-electron chi connectivity index (χ0n) is 22.0. The highest BCUT2D eigenvalue weighted by molar-refractivity contribution is 7.09. The third-order valence-electron chi connectivity index (χ3n) is 7.96. The van der Waals surface area contributed by atoms with Crippen LogP contribution in [0.2, 0.25) is 0 Å². The van der Waals surface area contributed by atoms with E-state index in [0.717, 1.165) is 62.6 Å². The third kappa shape index (κ3) is 6.99. The number of hydrogen-bond acceptors (Lipinski definition) is 5. The van der Waals surface area contributed by atoms with Crippen LogP contribution in [0.25, 0.3) is 0 Å². The highest BCUT2D eigenvalue weighted by Crippen LogP contribution is 2.31. The molecule has 0 radical (unpaired) electrons. The van der Waals surface area contributed by atoms with Crippen molar-refractivity contribution in [2.45, 2.75) is 57.4 Å². The lowest BCUT2D eigenvalue weighted by Crippen LogP contribution is -2.48. The topological polar surface area (TPSA) is 68.8 Å². The number of urea groups is 1. The van der Waals surface area contributed by atoms with E-state index < -0.39 is 0 Å². The van der Waals surface area contributed by atoms with Crippen LogP contribution in [0.5, 0.6) is 0 Å². The molecule has 204 valence electrons. The van der Waals surface area contributed by atoms with Gasteiger partial charge in [-0.1, -0.05) is 23.8 Å². The summed E-state index contributed by atoms with van der Waals surface area (Å²) in [6.07, 6.45) is 9.96. The predicted octanol–water partition coefficient (Wildman–Crippen LogP) is 5.02. The van der Waals surface area contributed by atoms with E-state index in [1.165, 1.54) is 43.4 Å². The van der Waals surface area contributed by atoms with Gasteiger partial charge >= 0.3 is 6.03 Å². The minimum Gasteiger partial charge on any atom is -0.338 e. The molecule has 9 heteroatoms. The Morgan fingerprint density at radius 1 is 1.00 bits per heavy atom. The maximum Gasteiger partial charge on any atom is 0.317 e. The van der Waals surface area contributed by atoms with Crippen LogP contribution in [0.1, 0.15) is 71.9 Å². The first kappa shape index (κ1) is 26.8. The second-order valence-corrected chi connectivity index (χ2v) is 11.5. The van der Waals surface area contributed by atoms with E-state index in [1.807, 2.05) is 27.3 Å². The fraction of sp³-hybridized carbons (Fsp3) is 0.552. The molecule has 1 aromatic carbocycles. The first-order valence-electron chi connectivity index (χ1n) is 14.0. The van der Waals surface area contributed by atoms with Gasteiger partial charge in [0.05, 0.1) is 5.01 Å². The lowest BCUT2D eigenvalue weighted by molar-refractivity contribution is 0.0623.